The Balaban J connectivity index is 3.03. The van der Waals surface area contributed by atoms with Crippen molar-refractivity contribution in [2.75, 3.05) is 18.6 Å². The highest BCUT2D eigenvalue weighted by atomic mass is 32.2. The number of aryl methyl sites for hydroxylation is 1. The van der Waals surface area contributed by atoms with Crippen molar-refractivity contribution in [3.8, 4) is 0 Å². The summed E-state index contributed by atoms with van der Waals surface area (Å²) in [5.41, 5.74) is 0.640. The van der Waals surface area contributed by atoms with Crippen LogP contribution in [0.2, 0.25) is 0 Å². The molecule has 0 aliphatic rings. The zero-order chi connectivity index (χ0) is 12.1. The third-order valence-electron chi connectivity index (χ3n) is 2.51. The molecule has 0 saturated carbocycles. The molecule has 1 unspecified atom stereocenters. The molecule has 90 valence electrons. The fourth-order valence-corrected chi connectivity index (χ4v) is 2.35. The largest absolute Gasteiger partial charge is 0.312 e. The average Bonchev–Trinajstić information content (AvgIpc) is 2.28. The molecule has 0 aliphatic carbocycles. The van der Waals surface area contributed by atoms with E-state index in [1.54, 1.807) is 25.7 Å². The second-order valence-electron chi connectivity index (χ2n) is 3.59. The number of halogens is 2. The van der Waals surface area contributed by atoms with Crippen LogP contribution in [0.15, 0.2) is 12.1 Å². The smallest absolute Gasteiger partial charge is 0.133 e. The van der Waals surface area contributed by atoms with Crippen LogP contribution in [-0.2, 0) is 0 Å². The normalized spacial score (nSPS) is 12.8. The van der Waals surface area contributed by atoms with E-state index in [-0.39, 0.29) is 11.6 Å². The Kier molecular flexibility index (Phi) is 5.22. The topological polar surface area (TPSA) is 12.0 Å². The molecule has 0 radical (unpaired) electrons. The van der Waals surface area contributed by atoms with Gasteiger partial charge >= 0.3 is 0 Å². The maximum atomic E-state index is 13.8. The zero-order valence-electron chi connectivity index (χ0n) is 9.81. The molecule has 0 amide bonds. The van der Waals surface area contributed by atoms with Gasteiger partial charge < -0.3 is 5.32 Å². The molecule has 0 aromatic heterocycles. The van der Waals surface area contributed by atoms with Gasteiger partial charge in [-0.15, -0.1) is 0 Å². The van der Waals surface area contributed by atoms with Gasteiger partial charge in [0.2, 0.25) is 0 Å². The van der Waals surface area contributed by atoms with Gasteiger partial charge in [0, 0.05) is 17.4 Å². The molecule has 0 aliphatic heterocycles. The minimum absolute atomic E-state index is 0.156. The number of hydrogen-bond acceptors (Lipinski definition) is 2. The van der Waals surface area contributed by atoms with Crippen molar-refractivity contribution >= 4 is 11.8 Å². The standard InChI is InChI=1S/C12H17F2NS/c1-4-16-7-10(15-3)11-9(13)6-5-8(2)12(11)14/h5-6,10,15H,4,7H2,1-3H3. The minimum atomic E-state index is -0.473. The van der Waals surface area contributed by atoms with E-state index >= 15 is 0 Å². The summed E-state index contributed by atoms with van der Waals surface area (Å²) >= 11 is 1.66. The number of thioether (sulfide) groups is 1. The van der Waals surface area contributed by atoms with Crippen LogP contribution in [0.25, 0.3) is 0 Å². The summed E-state index contributed by atoms with van der Waals surface area (Å²) < 4.78 is 27.4. The van der Waals surface area contributed by atoms with Crippen molar-refractivity contribution in [3.05, 3.63) is 34.9 Å². The monoisotopic (exact) mass is 245 g/mol. The molecular weight excluding hydrogens is 228 g/mol. The molecule has 1 nitrogen and oxygen atoms in total. The molecule has 1 N–H and O–H groups in total. The Morgan fingerprint density at radius 3 is 2.62 bits per heavy atom. The molecule has 4 heteroatoms. The van der Waals surface area contributed by atoms with Crippen molar-refractivity contribution in [2.24, 2.45) is 0 Å². The van der Waals surface area contributed by atoms with Crippen LogP contribution in [0.4, 0.5) is 8.78 Å². The van der Waals surface area contributed by atoms with E-state index in [4.69, 9.17) is 0 Å². The highest BCUT2D eigenvalue weighted by Crippen LogP contribution is 2.25. The van der Waals surface area contributed by atoms with E-state index in [9.17, 15) is 8.78 Å². The Morgan fingerprint density at radius 1 is 1.38 bits per heavy atom. The third-order valence-corrected chi connectivity index (χ3v) is 3.48. The van der Waals surface area contributed by atoms with Crippen LogP contribution in [0, 0.1) is 18.6 Å². The van der Waals surface area contributed by atoms with Gasteiger partial charge in [0.15, 0.2) is 0 Å². The van der Waals surface area contributed by atoms with E-state index in [2.05, 4.69) is 5.32 Å². The van der Waals surface area contributed by atoms with E-state index in [0.29, 0.717) is 11.3 Å². The fourth-order valence-electron chi connectivity index (χ4n) is 1.54. The van der Waals surface area contributed by atoms with Crippen molar-refractivity contribution in [3.63, 3.8) is 0 Å². The van der Waals surface area contributed by atoms with E-state index in [1.165, 1.54) is 12.1 Å². The number of rotatable bonds is 5. The highest BCUT2D eigenvalue weighted by molar-refractivity contribution is 7.99. The molecule has 0 heterocycles. The minimum Gasteiger partial charge on any atom is -0.312 e. The van der Waals surface area contributed by atoms with Gasteiger partial charge in [0.1, 0.15) is 11.6 Å². The molecule has 16 heavy (non-hydrogen) atoms. The highest BCUT2D eigenvalue weighted by Gasteiger charge is 2.19. The van der Waals surface area contributed by atoms with Crippen molar-refractivity contribution < 1.29 is 8.78 Å². The summed E-state index contributed by atoms with van der Waals surface area (Å²) in [7, 11) is 1.72. The van der Waals surface area contributed by atoms with Gasteiger partial charge in [-0.05, 0) is 31.4 Å². The zero-order valence-corrected chi connectivity index (χ0v) is 10.6. The Bertz CT molecular complexity index is 355. The van der Waals surface area contributed by atoms with Crippen molar-refractivity contribution in [1.29, 1.82) is 0 Å². The lowest BCUT2D eigenvalue weighted by atomic mass is 10.0. The molecule has 0 spiro atoms. The Morgan fingerprint density at radius 2 is 2.06 bits per heavy atom. The molecule has 0 fully saturated rings. The molecule has 1 aromatic rings. The lowest BCUT2D eigenvalue weighted by Gasteiger charge is -2.18. The lowest BCUT2D eigenvalue weighted by Crippen LogP contribution is -2.22. The fraction of sp³-hybridized carbons (Fsp3) is 0.500. The van der Waals surface area contributed by atoms with E-state index < -0.39 is 11.6 Å². The average molecular weight is 245 g/mol. The van der Waals surface area contributed by atoms with Gasteiger partial charge in [-0.3, -0.25) is 0 Å². The maximum Gasteiger partial charge on any atom is 0.133 e. The second-order valence-corrected chi connectivity index (χ2v) is 4.91. The predicted octanol–water partition coefficient (Wildman–Crippen LogP) is 3.29. The van der Waals surface area contributed by atoms with Crippen LogP contribution in [0.1, 0.15) is 24.1 Å². The number of benzene rings is 1. The van der Waals surface area contributed by atoms with Crippen LogP contribution >= 0.6 is 11.8 Å². The molecule has 1 aromatic carbocycles. The van der Waals surface area contributed by atoms with Gasteiger partial charge in [0.05, 0.1) is 0 Å². The molecule has 1 rings (SSSR count). The first kappa shape index (κ1) is 13.5. The predicted molar refractivity (Wildman–Crippen MR) is 65.9 cm³/mol. The van der Waals surface area contributed by atoms with Crippen LogP contribution in [0.5, 0.6) is 0 Å². The molecule has 1 atom stereocenters. The molecule has 0 bridgehead atoms. The summed E-state index contributed by atoms with van der Waals surface area (Å²) in [6.07, 6.45) is 0. The van der Waals surface area contributed by atoms with Gasteiger partial charge in [-0.1, -0.05) is 13.0 Å². The van der Waals surface area contributed by atoms with Gasteiger partial charge in [-0.25, -0.2) is 8.78 Å². The van der Waals surface area contributed by atoms with Crippen LogP contribution < -0.4 is 5.32 Å². The van der Waals surface area contributed by atoms with Crippen LogP contribution in [0.3, 0.4) is 0 Å². The summed E-state index contributed by atoms with van der Waals surface area (Å²) in [6, 6.07) is 2.52. The van der Waals surface area contributed by atoms with Crippen molar-refractivity contribution in [1.82, 2.24) is 5.32 Å². The molecular formula is C12H17F2NS. The van der Waals surface area contributed by atoms with Crippen LogP contribution in [-0.4, -0.2) is 18.6 Å². The Hall–Kier alpha value is -0.610. The first-order valence-electron chi connectivity index (χ1n) is 5.31. The molecule has 0 saturated heterocycles. The van der Waals surface area contributed by atoms with E-state index in [0.717, 1.165) is 5.75 Å². The maximum absolute atomic E-state index is 13.8. The first-order chi connectivity index (χ1) is 7.61. The summed E-state index contributed by atoms with van der Waals surface area (Å²) in [4.78, 5) is 0. The summed E-state index contributed by atoms with van der Waals surface area (Å²) in [5.74, 6) is 0.701. The quantitative estimate of drug-likeness (QED) is 0.854. The van der Waals surface area contributed by atoms with Gasteiger partial charge in [0.25, 0.3) is 0 Å². The number of nitrogens with one attached hydrogen (secondary N) is 1. The third kappa shape index (κ3) is 2.95. The number of hydrogen-bond donors (Lipinski definition) is 1. The SMILES string of the molecule is CCSCC(NC)c1c(F)ccc(C)c1F. The lowest BCUT2D eigenvalue weighted by molar-refractivity contribution is 0.509. The first-order valence-corrected chi connectivity index (χ1v) is 6.46. The van der Waals surface area contributed by atoms with E-state index in [1.807, 2.05) is 6.92 Å². The summed E-state index contributed by atoms with van der Waals surface area (Å²) in [6.45, 7) is 3.68. The van der Waals surface area contributed by atoms with Crippen molar-refractivity contribution in [2.45, 2.75) is 19.9 Å². The van der Waals surface area contributed by atoms with Gasteiger partial charge in [-0.2, -0.15) is 11.8 Å². The summed E-state index contributed by atoms with van der Waals surface area (Å²) in [5, 5.41) is 2.96. The second kappa shape index (κ2) is 6.21. The Labute approximate surface area is 99.6 Å².